The van der Waals surface area contributed by atoms with Crippen molar-refractivity contribution < 1.29 is 0 Å². The van der Waals surface area contributed by atoms with Crippen molar-refractivity contribution in [2.24, 2.45) is 5.92 Å². The Morgan fingerprint density at radius 3 is 2.60 bits per heavy atom. The zero-order chi connectivity index (χ0) is 14.5. The molecule has 0 radical (unpaired) electrons. The van der Waals surface area contributed by atoms with Crippen LogP contribution >= 0.6 is 0 Å². The molecule has 0 N–H and O–H groups in total. The predicted octanol–water partition coefficient (Wildman–Crippen LogP) is 2.63. The molecule has 4 heteroatoms. The summed E-state index contributed by atoms with van der Waals surface area (Å²) < 4.78 is 1.47. The van der Waals surface area contributed by atoms with Crippen molar-refractivity contribution in [1.82, 2.24) is 9.78 Å². The first-order chi connectivity index (χ1) is 9.61. The molecule has 0 fully saturated rings. The van der Waals surface area contributed by atoms with Crippen LogP contribution in [0.4, 0.5) is 0 Å². The largest absolute Gasteiger partial charge is 0.271 e. The lowest BCUT2D eigenvalue weighted by Crippen LogP contribution is -2.28. The molecule has 1 aromatic carbocycles. The highest BCUT2D eigenvalue weighted by Crippen LogP contribution is 2.16. The third-order valence-corrected chi connectivity index (χ3v) is 2.93. The van der Waals surface area contributed by atoms with E-state index < -0.39 is 0 Å². The predicted molar refractivity (Wildman–Crippen MR) is 78.1 cm³/mol. The monoisotopic (exact) mass is 267 g/mol. The lowest BCUT2D eigenvalue weighted by molar-refractivity contribution is 0.463. The molecule has 0 aliphatic carbocycles. The lowest BCUT2D eigenvalue weighted by atomic mass is 10.1. The van der Waals surface area contributed by atoms with Gasteiger partial charge in [0.25, 0.3) is 5.56 Å². The Hall–Kier alpha value is -2.41. The first-order valence-corrected chi connectivity index (χ1v) is 6.65. The van der Waals surface area contributed by atoms with Crippen LogP contribution in [0.5, 0.6) is 0 Å². The minimum Gasteiger partial charge on any atom is -0.267 e. The minimum absolute atomic E-state index is 0.110. The molecule has 0 aliphatic rings. The van der Waals surface area contributed by atoms with Gasteiger partial charge in [0, 0.05) is 17.7 Å². The van der Waals surface area contributed by atoms with Crippen molar-refractivity contribution in [2.75, 3.05) is 0 Å². The number of aromatic nitrogens is 2. The number of hydrogen-bond donors (Lipinski definition) is 0. The summed E-state index contributed by atoms with van der Waals surface area (Å²) in [7, 11) is 0. The molecule has 0 saturated heterocycles. The third kappa shape index (κ3) is 3.12. The molecule has 20 heavy (non-hydrogen) atoms. The van der Waals surface area contributed by atoms with E-state index in [0.717, 1.165) is 11.3 Å². The normalized spacial score (nSPS) is 10.5. The van der Waals surface area contributed by atoms with Crippen molar-refractivity contribution in [3.63, 3.8) is 0 Å². The molecule has 1 aromatic heterocycles. The van der Waals surface area contributed by atoms with Crippen LogP contribution in [0.15, 0.2) is 41.2 Å². The summed E-state index contributed by atoms with van der Waals surface area (Å²) in [6.45, 7) is 4.62. The van der Waals surface area contributed by atoms with Crippen LogP contribution in [0.25, 0.3) is 11.3 Å². The molecular weight excluding hydrogens is 250 g/mol. The Labute approximate surface area is 118 Å². The Morgan fingerprint density at radius 1 is 1.30 bits per heavy atom. The summed E-state index contributed by atoms with van der Waals surface area (Å²) in [5.41, 5.74) is 2.02. The van der Waals surface area contributed by atoms with Crippen LogP contribution in [0.2, 0.25) is 0 Å². The number of nitrogens with zero attached hydrogens (tertiary/aromatic N) is 3. The fourth-order valence-corrected chi connectivity index (χ4v) is 2.03. The van der Waals surface area contributed by atoms with E-state index in [1.807, 2.05) is 50.2 Å². The molecule has 0 amide bonds. The average molecular weight is 267 g/mol. The summed E-state index contributed by atoms with van der Waals surface area (Å²) in [4.78, 5) is 12.2. The standard InChI is InChI=1S/C16H17N3O/c1-12(2)11-19-16(20)14(8-9-17)10-15(18-19)13-6-4-3-5-7-13/h3-7,10,12H,8,11H2,1-2H3. The van der Waals surface area contributed by atoms with Crippen molar-refractivity contribution in [2.45, 2.75) is 26.8 Å². The number of hydrogen-bond acceptors (Lipinski definition) is 3. The van der Waals surface area contributed by atoms with Crippen LogP contribution in [0.1, 0.15) is 19.4 Å². The van der Waals surface area contributed by atoms with Crippen molar-refractivity contribution >= 4 is 0 Å². The Morgan fingerprint density at radius 2 is 2.00 bits per heavy atom. The summed E-state index contributed by atoms with van der Waals surface area (Å²) in [6.07, 6.45) is 0.110. The highest BCUT2D eigenvalue weighted by atomic mass is 16.1. The third-order valence-electron chi connectivity index (χ3n) is 2.93. The van der Waals surface area contributed by atoms with Gasteiger partial charge in [0.1, 0.15) is 0 Å². The Kier molecular flexibility index (Phi) is 4.31. The topological polar surface area (TPSA) is 58.7 Å². The molecule has 0 aliphatic heterocycles. The lowest BCUT2D eigenvalue weighted by Gasteiger charge is -2.11. The second kappa shape index (κ2) is 6.16. The molecule has 2 rings (SSSR count). The summed E-state index contributed by atoms with van der Waals surface area (Å²) >= 11 is 0. The molecule has 0 bridgehead atoms. The SMILES string of the molecule is CC(C)Cn1nc(-c2ccccc2)cc(CC#N)c1=O. The van der Waals surface area contributed by atoms with E-state index in [9.17, 15) is 4.79 Å². The van der Waals surface area contributed by atoms with E-state index in [-0.39, 0.29) is 12.0 Å². The molecule has 102 valence electrons. The van der Waals surface area contributed by atoms with Gasteiger partial charge in [0.2, 0.25) is 0 Å². The van der Waals surface area contributed by atoms with Gasteiger partial charge >= 0.3 is 0 Å². The first-order valence-electron chi connectivity index (χ1n) is 6.65. The van der Waals surface area contributed by atoms with Gasteiger partial charge in [0.05, 0.1) is 18.2 Å². The summed E-state index contributed by atoms with van der Waals surface area (Å²) in [5.74, 6) is 0.321. The van der Waals surface area contributed by atoms with Gasteiger partial charge in [0.15, 0.2) is 0 Å². The molecule has 2 aromatic rings. The Balaban J connectivity index is 2.56. The fraction of sp³-hybridized carbons (Fsp3) is 0.312. The van der Waals surface area contributed by atoms with Crippen LogP contribution in [0.3, 0.4) is 0 Å². The van der Waals surface area contributed by atoms with Crippen molar-refractivity contribution in [3.8, 4) is 17.3 Å². The second-order valence-electron chi connectivity index (χ2n) is 5.14. The van der Waals surface area contributed by atoms with Crippen LogP contribution in [-0.2, 0) is 13.0 Å². The van der Waals surface area contributed by atoms with Crippen LogP contribution < -0.4 is 5.56 Å². The van der Waals surface area contributed by atoms with E-state index in [0.29, 0.717) is 18.0 Å². The molecule has 0 atom stereocenters. The van der Waals surface area contributed by atoms with Gasteiger partial charge in [-0.05, 0) is 12.0 Å². The number of nitriles is 1. The van der Waals surface area contributed by atoms with Gasteiger partial charge in [-0.3, -0.25) is 4.79 Å². The van der Waals surface area contributed by atoms with Gasteiger partial charge in [-0.2, -0.15) is 10.4 Å². The van der Waals surface area contributed by atoms with Crippen LogP contribution in [0, 0.1) is 17.2 Å². The molecule has 1 heterocycles. The van der Waals surface area contributed by atoms with Gasteiger partial charge in [-0.15, -0.1) is 0 Å². The highest BCUT2D eigenvalue weighted by molar-refractivity contribution is 5.58. The quantitative estimate of drug-likeness (QED) is 0.855. The van der Waals surface area contributed by atoms with E-state index in [1.54, 1.807) is 6.07 Å². The van der Waals surface area contributed by atoms with E-state index in [2.05, 4.69) is 5.10 Å². The smallest absolute Gasteiger partial charge is 0.267 e. The Bertz CT molecular complexity index is 681. The maximum Gasteiger partial charge on any atom is 0.271 e. The van der Waals surface area contributed by atoms with Crippen molar-refractivity contribution in [1.29, 1.82) is 5.26 Å². The zero-order valence-corrected chi connectivity index (χ0v) is 11.7. The van der Waals surface area contributed by atoms with E-state index >= 15 is 0 Å². The molecular formula is C16H17N3O. The fourth-order valence-electron chi connectivity index (χ4n) is 2.03. The summed E-state index contributed by atoms with van der Waals surface area (Å²) in [5, 5.41) is 13.3. The van der Waals surface area contributed by atoms with E-state index in [1.165, 1.54) is 4.68 Å². The van der Waals surface area contributed by atoms with E-state index in [4.69, 9.17) is 5.26 Å². The number of rotatable bonds is 4. The molecule has 0 saturated carbocycles. The second-order valence-corrected chi connectivity index (χ2v) is 5.14. The maximum atomic E-state index is 12.2. The van der Waals surface area contributed by atoms with Crippen molar-refractivity contribution in [3.05, 3.63) is 52.3 Å². The van der Waals surface area contributed by atoms with Gasteiger partial charge in [-0.1, -0.05) is 44.2 Å². The summed E-state index contributed by atoms with van der Waals surface area (Å²) in [6, 6.07) is 13.5. The molecule has 0 spiro atoms. The molecule has 0 unspecified atom stereocenters. The van der Waals surface area contributed by atoms with Crippen LogP contribution in [-0.4, -0.2) is 9.78 Å². The maximum absolute atomic E-state index is 12.2. The number of benzene rings is 1. The zero-order valence-electron chi connectivity index (χ0n) is 11.7. The minimum atomic E-state index is -0.167. The van der Waals surface area contributed by atoms with Gasteiger partial charge < -0.3 is 0 Å². The van der Waals surface area contributed by atoms with Gasteiger partial charge in [-0.25, -0.2) is 4.68 Å². The highest BCUT2D eigenvalue weighted by Gasteiger charge is 2.10. The molecule has 4 nitrogen and oxygen atoms in total. The average Bonchev–Trinajstić information content (AvgIpc) is 2.44. The first kappa shape index (κ1) is 14.0.